The smallest absolute Gasteiger partial charge is 0.242 e. The summed E-state index contributed by atoms with van der Waals surface area (Å²) >= 11 is 7.58. The topological polar surface area (TPSA) is 100 Å². The summed E-state index contributed by atoms with van der Waals surface area (Å²) in [4.78, 5) is 17.8. The minimum absolute atomic E-state index is 0.0153. The summed E-state index contributed by atoms with van der Waals surface area (Å²) in [6, 6.07) is 4.81. The highest BCUT2D eigenvalue weighted by atomic mass is 35.5. The number of halogens is 1. The van der Waals surface area contributed by atoms with Crippen LogP contribution in [-0.2, 0) is 14.8 Å². The number of hydrogen-bond donors (Lipinski definition) is 3. The Kier molecular flexibility index (Phi) is 6.45. The van der Waals surface area contributed by atoms with E-state index in [1.165, 1.54) is 11.3 Å². The molecule has 2 fully saturated rings. The molecular weight excluding hydrogens is 444 g/mol. The molecule has 162 valence electrons. The molecule has 2 aliphatic rings. The van der Waals surface area contributed by atoms with Crippen LogP contribution in [0.1, 0.15) is 37.8 Å². The number of amides is 1. The highest BCUT2D eigenvalue weighted by Gasteiger charge is 2.26. The SMILES string of the molecule is Cc1nc(NC(=O)C2CCCC2)sc1-c1ccc(Cl)c(S(=O)(=O)N[C@@H]2CCNC2)c1. The van der Waals surface area contributed by atoms with Crippen LogP contribution < -0.4 is 15.4 Å². The van der Waals surface area contributed by atoms with E-state index in [1.54, 1.807) is 18.2 Å². The maximum atomic E-state index is 12.9. The molecular formula is C20H25ClN4O3S2. The molecule has 10 heteroatoms. The van der Waals surface area contributed by atoms with E-state index in [0.717, 1.165) is 49.2 Å². The summed E-state index contributed by atoms with van der Waals surface area (Å²) in [7, 11) is -3.75. The van der Waals surface area contributed by atoms with Gasteiger partial charge in [0.2, 0.25) is 15.9 Å². The lowest BCUT2D eigenvalue weighted by Crippen LogP contribution is -2.36. The monoisotopic (exact) mass is 468 g/mol. The van der Waals surface area contributed by atoms with Crippen LogP contribution in [0.15, 0.2) is 23.1 Å². The summed E-state index contributed by atoms with van der Waals surface area (Å²) in [5, 5.41) is 6.78. The van der Waals surface area contributed by atoms with Gasteiger partial charge in [-0.1, -0.05) is 41.8 Å². The van der Waals surface area contributed by atoms with Crippen LogP contribution in [0.25, 0.3) is 10.4 Å². The number of sulfonamides is 1. The van der Waals surface area contributed by atoms with Crippen molar-refractivity contribution in [3.8, 4) is 10.4 Å². The third kappa shape index (κ3) is 4.70. The highest BCUT2D eigenvalue weighted by molar-refractivity contribution is 7.89. The van der Waals surface area contributed by atoms with Crippen molar-refractivity contribution in [1.82, 2.24) is 15.0 Å². The first kappa shape index (κ1) is 21.7. The van der Waals surface area contributed by atoms with Crippen LogP contribution in [-0.4, -0.2) is 38.4 Å². The molecule has 1 saturated heterocycles. The second-order valence-electron chi connectivity index (χ2n) is 7.86. The number of aromatic nitrogens is 1. The molecule has 0 spiro atoms. The van der Waals surface area contributed by atoms with E-state index in [1.807, 2.05) is 6.92 Å². The lowest BCUT2D eigenvalue weighted by molar-refractivity contribution is -0.119. The molecule has 0 unspecified atom stereocenters. The van der Waals surface area contributed by atoms with Crippen molar-refractivity contribution in [2.24, 2.45) is 5.92 Å². The van der Waals surface area contributed by atoms with E-state index in [4.69, 9.17) is 11.6 Å². The molecule has 2 heterocycles. The van der Waals surface area contributed by atoms with Gasteiger partial charge in [0.1, 0.15) is 4.90 Å². The molecule has 1 aromatic heterocycles. The van der Waals surface area contributed by atoms with Crippen molar-refractivity contribution in [2.45, 2.75) is 50.0 Å². The first-order chi connectivity index (χ1) is 14.3. The Bertz CT molecular complexity index is 1040. The number of nitrogens with one attached hydrogen (secondary N) is 3. The Hall–Kier alpha value is -1.52. The Morgan fingerprint density at radius 1 is 1.27 bits per heavy atom. The zero-order chi connectivity index (χ0) is 21.3. The molecule has 1 aromatic carbocycles. The summed E-state index contributed by atoms with van der Waals surface area (Å²) in [5.41, 5.74) is 1.45. The molecule has 0 radical (unpaired) electrons. The highest BCUT2D eigenvalue weighted by Crippen LogP contribution is 2.36. The van der Waals surface area contributed by atoms with Crippen LogP contribution >= 0.6 is 22.9 Å². The quantitative estimate of drug-likeness (QED) is 0.602. The number of hydrogen-bond acceptors (Lipinski definition) is 6. The summed E-state index contributed by atoms with van der Waals surface area (Å²) in [6.07, 6.45) is 4.77. The molecule has 0 bridgehead atoms. The minimum atomic E-state index is -3.75. The van der Waals surface area contributed by atoms with Gasteiger partial charge in [0.05, 0.1) is 15.6 Å². The number of rotatable bonds is 6. The Morgan fingerprint density at radius 3 is 2.73 bits per heavy atom. The van der Waals surface area contributed by atoms with E-state index in [2.05, 4.69) is 20.3 Å². The third-order valence-electron chi connectivity index (χ3n) is 5.62. The molecule has 1 saturated carbocycles. The van der Waals surface area contributed by atoms with Crippen LogP contribution in [0.3, 0.4) is 0 Å². The summed E-state index contributed by atoms with van der Waals surface area (Å²) in [5.74, 6) is 0.0719. The summed E-state index contributed by atoms with van der Waals surface area (Å²) in [6.45, 7) is 3.24. The number of anilines is 1. The summed E-state index contributed by atoms with van der Waals surface area (Å²) < 4.78 is 28.5. The molecule has 2 aromatic rings. The van der Waals surface area contributed by atoms with Crippen molar-refractivity contribution >= 4 is 44.0 Å². The number of carbonyl (C=O) groups excluding carboxylic acids is 1. The van der Waals surface area contributed by atoms with Crippen LogP contribution in [0.5, 0.6) is 0 Å². The van der Waals surface area contributed by atoms with Crippen LogP contribution in [0.2, 0.25) is 5.02 Å². The van der Waals surface area contributed by atoms with Crippen molar-refractivity contribution in [3.63, 3.8) is 0 Å². The van der Waals surface area contributed by atoms with Crippen LogP contribution in [0.4, 0.5) is 5.13 Å². The maximum absolute atomic E-state index is 12.9. The second kappa shape index (κ2) is 8.92. The van der Waals surface area contributed by atoms with Gasteiger partial charge in [-0.2, -0.15) is 0 Å². The van der Waals surface area contributed by atoms with E-state index in [-0.39, 0.29) is 27.8 Å². The van der Waals surface area contributed by atoms with Gasteiger partial charge in [-0.15, -0.1) is 0 Å². The molecule has 1 atom stereocenters. The Labute approximate surface area is 185 Å². The third-order valence-corrected chi connectivity index (χ3v) is 8.74. The fourth-order valence-corrected chi connectivity index (χ4v) is 6.76. The normalized spacial score (nSPS) is 20.0. The lowest BCUT2D eigenvalue weighted by atomic mass is 10.1. The van der Waals surface area contributed by atoms with E-state index >= 15 is 0 Å². The van der Waals surface area contributed by atoms with Gasteiger partial charge in [0, 0.05) is 18.5 Å². The average molecular weight is 469 g/mol. The first-order valence-electron chi connectivity index (χ1n) is 10.1. The largest absolute Gasteiger partial charge is 0.315 e. The predicted molar refractivity (Wildman–Crippen MR) is 119 cm³/mol. The number of aryl methyl sites for hydroxylation is 1. The number of carbonyl (C=O) groups is 1. The van der Waals surface area contributed by atoms with E-state index in [9.17, 15) is 13.2 Å². The zero-order valence-electron chi connectivity index (χ0n) is 16.7. The Balaban J connectivity index is 1.57. The van der Waals surface area contributed by atoms with Crippen molar-refractivity contribution in [2.75, 3.05) is 18.4 Å². The van der Waals surface area contributed by atoms with E-state index in [0.29, 0.717) is 17.2 Å². The van der Waals surface area contributed by atoms with Crippen molar-refractivity contribution in [3.05, 3.63) is 28.9 Å². The van der Waals surface area contributed by atoms with Gasteiger partial charge in [-0.05, 0) is 50.4 Å². The fourth-order valence-electron chi connectivity index (χ4n) is 4.00. The Morgan fingerprint density at radius 2 is 2.03 bits per heavy atom. The standard InChI is InChI=1S/C20H25ClN4O3S2/c1-12-18(29-20(23-12)24-19(26)13-4-2-3-5-13)14-6-7-16(21)17(10-14)30(27,28)25-15-8-9-22-11-15/h6-7,10,13,15,22,25H,2-5,8-9,11H2,1H3,(H,23,24,26)/t15-/m1/s1. The van der Waals surface area contributed by atoms with Crippen molar-refractivity contribution in [1.29, 1.82) is 0 Å². The molecule has 7 nitrogen and oxygen atoms in total. The van der Waals surface area contributed by atoms with Crippen LogP contribution in [0, 0.1) is 12.8 Å². The van der Waals surface area contributed by atoms with Gasteiger partial charge in [-0.3, -0.25) is 4.79 Å². The molecule has 30 heavy (non-hydrogen) atoms. The van der Waals surface area contributed by atoms with Gasteiger partial charge in [0.15, 0.2) is 5.13 Å². The lowest BCUT2D eigenvalue weighted by Gasteiger charge is -2.14. The second-order valence-corrected chi connectivity index (χ2v) is 10.9. The van der Waals surface area contributed by atoms with Gasteiger partial charge in [0.25, 0.3) is 0 Å². The molecule has 3 N–H and O–H groups in total. The molecule has 4 rings (SSSR count). The zero-order valence-corrected chi connectivity index (χ0v) is 19.1. The molecule has 1 aliphatic carbocycles. The van der Waals surface area contributed by atoms with Crippen molar-refractivity contribution < 1.29 is 13.2 Å². The molecule has 1 amide bonds. The number of thiazole rings is 1. The number of benzene rings is 1. The maximum Gasteiger partial charge on any atom is 0.242 e. The number of nitrogens with zero attached hydrogens (tertiary/aromatic N) is 1. The minimum Gasteiger partial charge on any atom is -0.315 e. The average Bonchev–Trinajstić information content (AvgIpc) is 3.44. The van der Waals surface area contributed by atoms with Gasteiger partial charge < -0.3 is 10.6 Å². The van der Waals surface area contributed by atoms with Gasteiger partial charge in [-0.25, -0.2) is 18.1 Å². The first-order valence-corrected chi connectivity index (χ1v) is 12.8. The predicted octanol–water partition coefficient (Wildman–Crippen LogP) is 3.54. The van der Waals surface area contributed by atoms with E-state index < -0.39 is 10.0 Å². The fraction of sp³-hybridized carbons (Fsp3) is 0.500. The molecule has 1 aliphatic heterocycles. The van der Waals surface area contributed by atoms with Gasteiger partial charge >= 0.3 is 0 Å².